The van der Waals surface area contributed by atoms with Gasteiger partial charge in [-0.25, -0.2) is 9.67 Å². The number of carbonyl (C=O) groups is 1. The maximum Gasteiger partial charge on any atom is 0.224 e. The number of hydrogen-bond acceptors (Lipinski definition) is 5. The molecule has 0 saturated carbocycles. The summed E-state index contributed by atoms with van der Waals surface area (Å²) in [5, 5.41) is 13.8. The van der Waals surface area contributed by atoms with Crippen molar-refractivity contribution in [3.05, 3.63) is 30.4 Å². The smallest absolute Gasteiger partial charge is 0.224 e. The normalized spacial score (nSPS) is 11.3. The van der Waals surface area contributed by atoms with Crippen LogP contribution >= 0.6 is 0 Å². The van der Waals surface area contributed by atoms with Gasteiger partial charge < -0.3 is 10.3 Å². The molecule has 0 radical (unpaired) electrons. The number of aromatic amines is 1. The molecule has 1 amide bonds. The molecule has 0 spiro atoms. The third kappa shape index (κ3) is 3.71. The monoisotopic (exact) mass is 313 g/mol. The van der Waals surface area contributed by atoms with Crippen LogP contribution in [0.15, 0.2) is 24.5 Å². The largest absolute Gasteiger partial charge is 0.342 e. The predicted molar refractivity (Wildman–Crippen MR) is 85.9 cm³/mol. The highest BCUT2D eigenvalue weighted by atomic mass is 16.1. The standard InChI is InChI=1S/C15H19N7O/c1-10(2)15-18-12-6-5-11(8-13(12)19-15)17-14(23)4-3-7-22-9-16-20-21-22/h5-6,8-10H,3-4,7H2,1-2H3,(H,17,23)(H,18,19). The Labute approximate surface area is 133 Å². The quantitative estimate of drug-likeness (QED) is 0.725. The third-order valence-electron chi connectivity index (χ3n) is 3.51. The minimum absolute atomic E-state index is 0.0268. The van der Waals surface area contributed by atoms with Crippen LogP contribution in [0.4, 0.5) is 5.69 Å². The third-order valence-corrected chi connectivity index (χ3v) is 3.51. The van der Waals surface area contributed by atoms with Crippen LogP contribution in [0.25, 0.3) is 11.0 Å². The number of tetrazole rings is 1. The van der Waals surface area contributed by atoms with Crippen molar-refractivity contribution in [3.63, 3.8) is 0 Å². The van der Waals surface area contributed by atoms with Crippen LogP contribution in [-0.4, -0.2) is 36.1 Å². The van der Waals surface area contributed by atoms with Gasteiger partial charge in [0.25, 0.3) is 0 Å². The number of imidazole rings is 1. The number of nitrogens with one attached hydrogen (secondary N) is 2. The second-order valence-electron chi connectivity index (χ2n) is 5.73. The van der Waals surface area contributed by atoms with Gasteiger partial charge in [0.2, 0.25) is 5.91 Å². The zero-order valence-electron chi connectivity index (χ0n) is 13.2. The molecule has 0 atom stereocenters. The molecule has 2 aromatic heterocycles. The molecule has 8 nitrogen and oxygen atoms in total. The number of rotatable bonds is 6. The van der Waals surface area contributed by atoms with E-state index in [1.807, 2.05) is 18.2 Å². The van der Waals surface area contributed by atoms with Gasteiger partial charge in [0.1, 0.15) is 12.2 Å². The summed E-state index contributed by atoms with van der Waals surface area (Å²) in [6.07, 6.45) is 2.63. The number of aromatic nitrogens is 6. The lowest BCUT2D eigenvalue weighted by atomic mass is 10.2. The fourth-order valence-corrected chi connectivity index (χ4v) is 2.29. The van der Waals surface area contributed by atoms with Crippen LogP contribution in [0, 0.1) is 0 Å². The summed E-state index contributed by atoms with van der Waals surface area (Å²) in [5.41, 5.74) is 2.61. The summed E-state index contributed by atoms with van der Waals surface area (Å²) in [4.78, 5) is 19.8. The van der Waals surface area contributed by atoms with E-state index >= 15 is 0 Å². The van der Waals surface area contributed by atoms with Gasteiger partial charge in [-0.05, 0) is 35.0 Å². The number of nitrogens with zero attached hydrogens (tertiary/aromatic N) is 5. The molecular formula is C15H19N7O. The second kappa shape index (κ2) is 6.55. The van der Waals surface area contributed by atoms with Gasteiger partial charge >= 0.3 is 0 Å². The van der Waals surface area contributed by atoms with E-state index in [1.165, 1.54) is 6.33 Å². The molecule has 0 aliphatic heterocycles. The number of aryl methyl sites for hydroxylation is 1. The fraction of sp³-hybridized carbons (Fsp3) is 0.400. The first-order valence-electron chi connectivity index (χ1n) is 7.62. The van der Waals surface area contributed by atoms with Gasteiger partial charge in [-0.2, -0.15) is 0 Å². The minimum atomic E-state index is -0.0268. The summed E-state index contributed by atoms with van der Waals surface area (Å²) in [7, 11) is 0. The molecule has 2 heterocycles. The summed E-state index contributed by atoms with van der Waals surface area (Å²) in [5.74, 6) is 1.26. The van der Waals surface area contributed by atoms with E-state index in [9.17, 15) is 4.79 Å². The van der Waals surface area contributed by atoms with Crippen LogP contribution < -0.4 is 5.32 Å². The molecule has 0 aliphatic carbocycles. The van der Waals surface area contributed by atoms with Gasteiger partial charge in [-0.15, -0.1) is 5.10 Å². The van der Waals surface area contributed by atoms with Crippen molar-refractivity contribution in [1.82, 2.24) is 30.2 Å². The number of benzene rings is 1. The van der Waals surface area contributed by atoms with E-state index in [1.54, 1.807) is 4.68 Å². The van der Waals surface area contributed by atoms with Crippen molar-refractivity contribution >= 4 is 22.6 Å². The average Bonchev–Trinajstić information content (AvgIpc) is 3.15. The van der Waals surface area contributed by atoms with Crippen LogP contribution in [0.2, 0.25) is 0 Å². The number of hydrogen-bond donors (Lipinski definition) is 2. The molecular weight excluding hydrogens is 294 g/mol. The lowest BCUT2D eigenvalue weighted by molar-refractivity contribution is -0.116. The van der Waals surface area contributed by atoms with E-state index in [-0.39, 0.29) is 5.91 Å². The van der Waals surface area contributed by atoms with Gasteiger partial charge in [0, 0.05) is 24.6 Å². The maximum atomic E-state index is 12.0. The summed E-state index contributed by atoms with van der Waals surface area (Å²) in [6.45, 7) is 4.80. The molecule has 120 valence electrons. The van der Waals surface area contributed by atoms with Crippen LogP contribution in [0.1, 0.15) is 38.4 Å². The molecule has 3 aromatic rings. The molecule has 0 fully saturated rings. The highest BCUT2D eigenvalue weighted by Crippen LogP contribution is 2.20. The molecule has 0 saturated heterocycles. The summed E-state index contributed by atoms with van der Waals surface area (Å²) < 4.78 is 1.61. The molecule has 0 bridgehead atoms. The topological polar surface area (TPSA) is 101 Å². The molecule has 0 unspecified atom stereocenters. The van der Waals surface area contributed by atoms with Crippen molar-refractivity contribution < 1.29 is 4.79 Å². The Morgan fingerprint density at radius 3 is 3.00 bits per heavy atom. The van der Waals surface area contributed by atoms with Crippen molar-refractivity contribution in [2.24, 2.45) is 0 Å². The van der Waals surface area contributed by atoms with E-state index in [4.69, 9.17) is 0 Å². The SMILES string of the molecule is CC(C)c1nc2ccc(NC(=O)CCCn3cnnn3)cc2[nH]1. The van der Waals surface area contributed by atoms with E-state index in [2.05, 4.69) is 44.7 Å². The number of fused-ring (bicyclic) bond motifs is 1. The number of H-pyrrole nitrogens is 1. The Morgan fingerprint density at radius 1 is 1.39 bits per heavy atom. The lowest BCUT2D eigenvalue weighted by Gasteiger charge is -2.05. The molecule has 8 heteroatoms. The van der Waals surface area contributed by atoms with E-state index in [0.717, 1.165) is 22.5 Å². The Kier molecular flexibility index (Phi) is 4.31. The Morgan fingerprint density at radius 2 is 2.26 bits per heavy atom. The van der Waals surface area contributed by atoms with Gasteiger partial charge in [0.15, 0.2) is 0 Å². The van der Waals surface area contributed by atoms with Crippen molar-refractivity contribution in [1.29, 1.82) is 0 Å². The van der Waals surface area contributed by atoms with E-state index in [0.29, 0.717) is 25.3 Å². The number of anilines is 1. The van der Waals surface area contributed by atoms with E-state index < -0.39 is 0 Å². The second-order valence-corrected chi connectivity index (χ2v) is 5.73. The van der Waals surface area contributed by atoms with Gasteiger partial charge in [-0.1, -0.05) is 13.8 Å². The predicted octanol–water partition coefficient (Wildman–Crippen LogP) is 2.09. The molecule has 3 rings (SSSR count). The molecule has 23 heavy (non-hydrogen) atoms. The molecule has 1 aromatic carbocycles. The van der Waals surface area contributed by atoms with Crippen LogP contribution in [0.5, 0.6) is 0 Å². The first-order valence-corrected chi connectivity index (χ1v) is 7.62. The van der Waals surface area contributed by atoms with Gasteiger partial charge in [-0.3, -0.25) is 4.79 Å². The Bertz CT molecular complexity index is 791. The number of amides is 1. The average molecular weight is 313 g/mol. The first-order chi connectivity index (χ1) is 11.1. The Hall–Kier alpha value is -2.77. The number of carbonyl (C=O) groups excluding carboxylic acids is 1. The summed E-state index contributed by atoms with van der Waals surface area (Å²) in [6, 6.07) is 5.69. The molecule has 0 aliphatic rings. The first kappa shape index (κ1) is 15.1. The zero-order chi connectivity index (χ0) is 16.2. The highest BCUT2D eigenvalue weighted by Gasteiger charge is 2.08. The Balaban J connectivity index is 1.58. The molecule has 2 N–H and O–H groups in total. The fourth-order valence-electron chi connectivity index (χ4n) is 2.29. The lowest BCUT2D eigenvalue weighted by Crippen LogP contribution is -2.12. The zero-order valence-corrected chi connectivity index (χ0v) is 13.2. The van der Waals surface area contributed by atoms with Gasteiger partial charge in [0.05, 0.1) is 11.0 Å². The summed E-state index contributed by atoms with van der Waals surface area (Å²) >= 11 is 0. The van der Waals surface area contributed by atoms with Crippen molar-refractivity contribution in [3.8, 4) is 0 Å². The van der Waals surface area contributed by atoms with Crippen molar-refractivity contribution in [2.45, 2.75) is 39.2 Å². The minimum Gasteiger partial charge on any atom is -0.342 e. The maximum absolute atomic E-state index is 12.0. The van der Waals surface area contributed by atoms with Crippen LogP contribution in [0.3, 0.4) is 0 Å². The highest BCUT2D eigenvalue weighted by molar-refractivity contribution is 5.93. The van der Waals surface area contributed by atoms with Crippen molar-refractivity contribution in [2.75, 3.05) is 5.32 Å². The van der Waals surface area contributed by atoms with Crippen LogP contribution in [-0.2, 0) is 11.3 Å².